The Morgan fingerprint density at radius 3 is 2.32 bits per heavy atom. The van der Waals surface area contributed by atoms with E-state index in [-0.39, 0.29) is 11.8 Å². The predicted molar refractivity (Wildman–Crippen MR) is 145 cm³/mol. The second kappa shape index (κ2) is 10.9. The number of hydroxylamine groups is 1. The molecule has 2 fully saturated rings. The van der Waals surface area contributed by atoms with Gasteiger partial charge in [0.05, 0.1) is 30.6 Å². The largest absolute Gasteiger partial charge is 0.490 e. The van der Waals surface area contributed by atoms with Crippen LogP contribution in [0.15, 0.2) is 77.3 Å². The lowest BCUT2D eigenvalue weighted by Crippen LogP contribution is -2.37. The molecule has 0 unspecified atom stereocenters. The molecule has 2 aliphatic rings. The minimum absolute atomic E-state index is 0.290. The van der Waals surface area contributed by atoms with Gasteiger partial charge in [0.25, 0.3) is 5.91 Å². The Kier molecular flexibility index (Phi) is 7.48. The summed E-state index contributed by atoms with van der Waals surface area (Å²) < 4.78 is 12.7. The van der Waals surface area contributed by atoms with Crippen molar-refractivity contribution in [3.05, 3.63) is 82.8 Å². The highest BCUT2D eigenvalue weighted by atomic mass is 79.9. The van der Waals surface area contributed by atoms with Crippen LogP contribution in [-0.4, -0.2) is 31.1 Å². The van der Waals surface area contributed by atoms with Gasteiger partial charge in [0.2, 0.25) is 5.91 Å². The van der Waals surface area contributed by atoms with Crippen molar-refractivity contribution in [1.82, 2.24) is 0 Å². The van der Waals surface area contributed by atoms with Crippen LogP contribution in [0.2, 0.25) is 0 Å². The molecule has 0 spiro atoms. The highest BCUT2D eigenvalue weighted by Crippen LogP contribution is 2.48. The number of nitrogens with zero attached hydrogens (tertiary/aromatic N) is 2. The molecule has 0 saturated carbocycles. The Morgan fingerprint density at radius 2 is 1.62 bits per heavy atom. The number of carbonyl (C=O) groups excluding carboxylic acids is 2. The second-order valence-corrected chi connectivity index (χ2v) is 9.90. The lowest BCUT2D eigenvalue weighted by atomic mass is 9.90. The van der Waals surface area contributed by atoms with E-state index in [9.17, 15) is 9.59 Å². The van der Waals surface area contributed by atoms with Crippen LogP contribution < -0.4 is 19.4 Å². The van der Waals surface area contributed by atoms with Crippen molar-refractivity contribution in [3.63, 3.8) is 0 Å². The monoisotopic (exact) mass is 564 g/mol. The van der Waals surface area contributed by atoms with Gasteiger partial charge >= 0.3 is 0 Å². The van der Waals surface area contributed by atoms with Crippen LogP contribution in [-0.2, 0) is 14.4 Å². The average molecular weight is 565 g/mol. The maximum absolute atomic E-state index is 13.8. The summed E-state index contributed by atoms with van der Waals surface area (Å²) in [5.41, 5.74) is 2.09. The molecule has 8 heteroatoms. The molecule has 0 aliphatic carbocycles. The zero-order valence-corrected chi connectivity index (χ0v) is 22.4. The molecule has 192 valence electrons. The number of hydrogen-bond acceptors (Lipinski definition) is 6. The smallest absolute Gasteiger partial charge is 0.266 e. The highest BCUT2D eigenvalue weighted by Gasteiger charge is 2.60. The van der Waals surface area contributed by atoms with Gasteiger partial charge in [0, 0.05) is 4.47 Å². The van der Waals surface area contributed by atoms with Gasteiger partial charge in [-0.3, -0.25) is 14.4 Å². The number of unbranched alkanes of at least 4 members (excludes halogenated alkanes) is 1. The Hall–Kier alpha value is -3.36. The van der Waals surface area contributed by atoms with E-state index in [4.69, 9.17) is 14.3 Å². The molecule has 0 N–H and O–H groups in total. The Bertz CT molecular complexity index is 1270. The minimum Gasteiger partial charge on any atom is -0.490 e. The van der Waals surface area contributed by atoms with Crippen LogP contribution in [0.5, 0.6) is 11.5 Å². The van der Waals surface area contributed by atoms with Gasteiger partial charge in [0.15, 0.2) is 17.6 Å². The molecule has 0 bridgehead atoms. The lowest BCUT2D eigenvalue weighted by Gasteiger charge is -2.29. The average Bonchev–Trinajstić information content (AvgIpc) is 3.42. The molecule has 5 rings (SSSR count). The summed E-state index contributed by atoms with van der Waals surface area (Å²) in [6.45, 7) is 5.10. The number of anilines is 2. The molecule has 0 aromatic heterocycles. The first-order valence-corrected chi connectivity index (χ1v) is 13.4. The quantitative estimate of drug-likeness (QED) is 0.232. The van der Waals surface area contributed by atoms with Crippen LogP contribution >= 0.6 is 15.9 Å². The van der Waals surface area contributed by atoms with E-state index in [0.717, 1.165) is 28.6 Å². The van der Waals surface area contributed by atoms with Gasteiger partial charge in [0.1, 0.15) is 5.92 Å². The molecule has 0 radical (unpaired) electrons. The van der Waals surface area contributed by atoms with Gasteiger partial charge in [-0.25, -0.2) is 9.96 Å². The highest BCUT2D eigenvalue weighted by molar-refractivity contribution is 9.10. The van der Waals surface area contributed by atoms with Crippen LogP contribution in [0.25, 0.3) is 0 Å². The molecule has 3 aromatic carbocycles. The zero-order chi connectivity index (χ0) is 25.9. The van der Waals surface area contributed by atoms with Gasteiger partial charge in [-0.1, -0.05) is 53.5 Å². The third-order valence-electron chi connectivity index (χ3n) is 6.58. The van der Waals surface area contributed by atoms with Crippen molar-refractivity contribution < 1.29 is 23.9 Å². The maximum Gasteiger partial charge on any atom is 0.266 e. The van der Waals surface area contributed by atoms with Crippen molar-refractivity contribution in [3.8, 4) is 11.5 Å². The molecule has 2 aliphatic heterocycles. The maximum atomic E-state index is 13.8. The normalized spacial score (nSPS) is 20.9. The van der Waals surface area contributed by atoms with E-state index < -0.39 is 18.1 Å². The van der Waals surface area contributed by atoms with Gasteiger partial charge in [-0.2, -0.15) is 0 Å². The Labute approximate surface area is 225 Å². The lowest BCUT2D eigenvalue weighted by molar-refractivity contribution is -0.126. The van der Waals surface area contributed by atoms with E-state index in [1.54, 1.807) is 17.2 Å². The summed E-state index contributed by atoms with van der Waals surface area (Å²) in [4.78, 5) is 34.8. The Morgan fingerprint density at radius 1 is 0.865 bits per heavy atom. The Balaban J connectivity index is 1.55. The third-order valence-corrected chi connectivity index (χ3v) is 7.10. The summed E-state index contributed by atoms with van der Waals surface area (Å²) in [5.74, 6) is -0.120. The summed E-state index contributed by atoms with van der Waals surface area (Å²) >= 11 is 3.41. The second-order valence-electron chi connectivity index (χ2n) is 8.99. The molecule has 2 amide bonds. The van der Waals surface area contributed by atoms with Crippen molar-refractivity contribution >= 4 is 39.1 Å². The fourth-order valence-corrected chi connectivity index (χ4v) is 5.08. The van der Waals surface area contributed by atoms with Gasteiger partial charge in [-0.15, -0.1) is 0 Å². The first-order chi connectivity index (χ1) is 18.0. The van der Waals surface area contributed by atoms with E-state index in [1.165, 1.54) is 4.90 Å². The molecule has 37 heavy (non-hydrogen) atoms. The fraction of sp³-hybridized carbons (Fsp3) is 0.310. The van der Waals surface area contributed by atoms with Gasteiger partial charge in [-0.05, 0) is 67.4 Å². The molecule has 7 nitrogen and oxygen atoms in total. The molecular weight excluding hydrogens is 536 g/mol. The van der Waals surface area contributed by atoms with E-state index in [2.05, 4.69) is 22.9 Å². The van der Waals surface area contributed by atoms with Crippen LogP contribution in [0.3, 0.4) is 0 Å². The number of amides is 2. The number of hydrogen-bond donors (Lipinski definition) is 0. The first kappa shape index (κ1) is 25.3. The van der Waals surface area contributed by atoms with Crippen molar-refractivity contribution in [1.29, 1.82) is 0 Å². The zero-order valence-electron chi connectivity index (χ0n) is 20.8. The number of benzene rings is 3. The van der Waals surface area contributed by atoms with Crippen LogP contribution in [0, 0.1) is 5.92 Å². The molecule has 3 atom stereocenters. The number of imide groups is 1. The van der Waals surface area contributed by atoms with Crippen molar-refractivity contribution in [2.45, 2.75) is 38.8 Å². The topological polar surface area (TPSA) is 68.3 Å². The van der Waals surface area contributed by atoms with Crippen molar-refractivity contribution in [2.75, 3.05) is 23.2 Å². The van der Waals surface area contributed by atoms with Crippen LogP contribution in [0.4, 0.5) is 11.4 Å². The first-order valence-electron chi connectivity index (χ1n) is 12.6. The number of ether oxygens (including phenoxy) is 2. The van der Waals surface area contributed by atoms with E-state index in [1.807, 2.05) is 67.6 Å². The molecule has 2 saturated heterocycles. The van der Waals surface area contributed by atoms with Crippen molar-refractivity contribution in [2.24, 2.45) is 5.92 Å². The standard InChI is InChI=1S/C29H29BrN2O5/c1-3-5-17-36-23-16-11-19(18-24(23)35-4-2)26-25-27(37-32(26)22-9-7-6-8-10-22)29(34)31(28(25)33)21-14-12-20(30)13-15-21/h6-16,18,25-27H,3-5,17H2,1-2H3/t25-,26-,27+/m1/s1. The number of halogens is 1. The number of fused-ring (bicyclic) bond motifs is 1. The number of para-hydroxylation sites is 1. The SMILES string of the molecule is CCCCOc1ccc([C@@H]2[C@H]3C(=O)N(c4ccc(Br)cc4)C(=O)[C@H]3ON2c2ccccc2)cc1OCC. The van der Waals surface area contributed by atoms with Crippen LogP contribution in [0.1, 0.15) is 38.3 Å². The van der Waals surface area contributed by atoms with Gasteiger partial charge < -0.3 is 9.47 Å². The molecule has 2 heterocycles. The third kappa shape index (κ3) is 4.83. The number of carbonyl (C=O) groups is 2. The number of rotatable bonds is 9. The summed E-state index contributed by atoms with van der Waals surface area (Å²) in [7, 11) is 0. The predicted octanol–water partition coefficient (Wildman–Crippen LogP) is 6.08. The van der Waals surface area contributed by atoms with E-state index >= 15 is 0 Å². The minimum atomic E-state index is -0.933. The summed E-state index contributed by atoms with van der Waals surface area (Å²) in [5, 5.41) is 1.69. The fourth-order valence-electron chi connectivity index (χ4n) is 4.82. The van der Waals surface area contributed by atoms with E-state index in [0.29, 0.717) is 30.4 Å². The molecule has 3 aromatic rings. The summed E-state index contributed by atoms with van der Waals surface area (Å²) in [6, 6.07) is 21.8. The summed E-state index contributed by atoms with van der Waals surface area (Å²) in [6.07, 6.45) is 1.04. The molecular formula is C29H29BrN2O5.